The molecule has 4 N–H and O–H groups in total. The van der Waals surface area contributed by atoms with Gasteiger partial charge in [-0.15, -0.1) is 11.8 Å². The smallest absolute Gasteiger partial charge is 0.407 e. The predicted molar refractivity (Wildman–Crippen MR) is 152 cm³/mol. The highest BCUT2D eigenvalue weighted by atomic mass is 32.2. The zero-order valence-electron chi connectivity index (χ0n) is 23.7. The zero-order chi connectivity index (χ0) is 27.6. The molecule has 0 spiro atoms. The van der Waals surface area contributed by atoms with Crippen LogP contribution in [0.4, 0.5) is 10.5 Å². The maximum absolute atomic E-state index is 11.9. The highest BCUT2D eigenvalue weighted by Gasteiger charge is 2.28. The van der Waals surface area contributed by atoms with Gasteiger partial charge in [-0.25, -0.2) is 10.6 Å². The maximum atomic E-state index is 11.9. The van der Waals surface area contributed by atoms with Crippen LogP contribution in [-0.4, -0.2) is 63.9 Å². The number of fused-ring (bicyclic) bond motifs is 1. The highest BCUT2D eigenvalue weighted by molar-refractivity contribution is 8.14. The second kappa shape index (κ2) is 14.6. The van der Waals surface area contributed by atoms with E-state index in [1.54, 1.807) is 11.8 Å². The number of hydrogen-bond acceptors (Lipinski definition) is 8. The summed E-state index contributed by atoms with van der Waals surface area (Å²) in [6.45, 7) is 17.5. The number of ether oxygens (including phenoxy) is 1. The van der Waals surface area contributed by atoms with Crippen LogP contribution in [0.15, 0.2) is 11.2 Å². The van der Waals surface area contributed by atoms with E-state index in [-0.39, 0.29) is 18.0 Å². The Morgan fingerprint density at radius 3 is 2.51 bits per heavy atom. The number of hydrazine groups is 1. The van der Waals surface area contributed by atoms with Crippen molar-refractivity contribution in [2.75, 3.05) is 30.3 Å². The van der Waals surface area contributed by atoms with Gasteiger partial charge in [-0.05, 0) is 51.9 Å². The van der Waals surface area contributed by atoms with Gasteiger partial charge in [0.05, 0.1) is 11.7 Å². The SMILES string of the molecule is CC(C)CN1C[C@H](CCCCNC(=O)OC(C)(C)C)N=C(SCCC(=O)NN)c2nn(CC(C)C)cc21. The number of amides is 2. The Bertz CT molecular complexity index is 908. The first-order valence-corrected chi connectivity index (χ1v) is 14.4. The molecule has 1 aromatic heterocycles. The summed E-state index contributed by atoms with van der Waals surface area (Å²) >= 11 is 1.56. The van der Waals surface area contributed by atoms with Crippen LogP contribution in [0.25, 0.3) is 0 Å². The Morgan fingerprint density at radius 1 is 1.19 bits per heavy atom. The minimum Gasteiger partial charge on any atom is -0.444 e. The lowest BCUT2D eigenvalue weighted by Gasteiger charge is -2.27. The van der Waals surface area contributed by atoms with Gasteiger partial charge in [0.1, 0.15) is 16.3 Å². The summed E-state index contributed by atoms with van der Waals surface area (Å²) < 4.78 is 7.33. The zero-order valence-corrected chi connectivity index (χ0v) is 24.5. The second-order valence-corrected chi connectivity index (χ2v) is 12.5. The van der Waals surface area contributed by atoms with Gasteiger partial charge in [0, 0.05) is 44.5 Å². The number of anilines is 1. The summed E-state index contributed by atoms with van der Waals surface area (Å²) in [4.78, 5) is 31.2. The number of carbonyl (C=O) groups excluding carboxylic acids is 2. The molecule has 1 aliphatic rings. The number of hydrogen-bond donors (Lipinski definition) is 3. The highest BCUT2D eigenvalue weighted by Crippen LogP contribution is 2.31. The van der Waals surface area contributed by atoms with Gasteiger partial charge in [0.15, 0.2) is 0 Å². The Morgan fingerprint density at radius 2 is 1.89 bits per heavy atom. The Balaban J connectivity index is 2.15. The molecule has 10 nitrogen and oxygen atoms in total. The molecule has 1 aromatic rings. The van der Waals surface area contributed by atoms with Crippen molar-refractivity contribution in [2.45, 2.75) is 92.3 Å². The van der Waals surface area contributed by atoms with Crippen molar-refractivity contribution in [3.63, 3.8) is 0 Å². The first-order valence-electron chi connectivity index (χ1n) is 13.4. The molecule has 2 rings (SSSR count). The fourth-order valence-electron chi connectivity index (χ4n) is 4.08. The monoisotopic (exact) mass is 537 g/mol. The summed E-state index contributed by atoms with van der Waals surface area (Å²) in [5.41, 5.74) is 3.70. The molecule has 2 heterocycles. The third kappa shape index (κ3) is 11.3. The maximum Gasteiger partial charge on any atom is 0.407 e. The normalized spacial score (nSPS) is 15.9. The van der Waals surface area contributed by atoms with Gasteiger partial charge in [-0.2, -0.15) is 5.10 Å². The van der Waals surface area contributed by atoms with Crippen LogP contribution >= 0.6 is 11.8 Å². The molecule has 0 fully saturated rings. The fraction of sp³-hybridized carbons (Fsp3) is 0.769. The molecule has 0 unspecified atom stereocenters. The van der Waals surface area contributed by atoms with Crippen LogP contribution in [0.1, 0.15) is 79.8 Å². The van der Waals surface area contributed by atoms with E-state index in [9.17, 15) is 9.59 Å². The number of thioether (sulfide) groups is 1. The van der Waals surface area contributed by atoms with Gasteiger partial charge < -0.3 is 15.0 Å². The van der Waals surface area contributed by atoms with Crippen LogP contribution in [0.3, 0.4) is 0 Å². The first kappa shape index (κ1) is 31.0. The second-order valence-electron chi connectivity index (χ2n) is 11.5. The lowest BCUT2D eigenvalue weighted by Crippen LogP contribution is -2.34. The summed E-state index contributed by atoms with van der Waals surface area (Å²) in [5, 5.41) is 8.65. The molecule has 0 saturated carbocycles. The van der Waals surface area contributed by atoms with Crippen molar-refractivity contribution >= 4 is 34.5 Å². The Hall–Kier alpha value is -2.27. The van der Waals surface area contributed by atoms with E-state index in [1.165, 1.54) is 0 Å². The van der Waals surface area contributed by atoms with Crippen molar-refractivity contribution in [1.29, 1.82) is 0 Å². The minimum atomic E-state index is -0.502. The Labute approximate surface area is 226 Å². The quantitative estimate of drug-likeness (QED) is 0.159. The van der Waals surface area contributed by atoms with Crippen LogP contribution < -0.4 is 21.5 Å². The average molecular weight is 538 g/mol. The van der Waals surface area contributed by atoms with E-state index in [0.717, 1.165) is 55.3 Å². The Kier molecular flexibility index (Phi) is 12.2. The molecule has 37 heavy (non-hydrogen) atoms. The van der Waals surface area contributed by atoms with Gasteiger partial charge in [-0.1, -0.05) is 27.7 Å². The third-order valence-electron chi connectivity index (χ3n) is 5.52. The van der Waals surface area contributed by atoms with Crippen LogP contribution in [0, 0.1) is 11.8 Å². The predicted octanol–water partition coefficient (Wildman–Crippen LogP) is 3.94. The van der Waals surface area contributed by atoms with Crippen LogP contribution in [-0.2, 0) is 16.1 Å². The molecule has 0 aromatic carbocycles. The fourth-order valence-corrected chi connectivity index (χ4v) is 5.07. The van der Waals surface area contributed by atoms with E-state index in [4.69, 9.17) is 20.7 Å². The topological polar surface area (TPSA) is 127 Å². The molecule has 0 aliphatic carbocycles. The largest absolute Gasteiger partial charge is 0.444 e. The lowest BCUT2D eigenvalue weighted by atomic mass is 10.1. The van der Waals surface area contributed by atoms with E-state index >= 15 is 0 Å². The first-order chi connectivity index (χ1) is 17.4. The van der Waals surface area contributed by atoms with E-state index in [0.29, 0.717) is 30.6 Å². The van der Waals surface area contributed by atoms with E-state index < -0.39 is 5.60 Å². The summed E-state index contributed by atoms with van der Waals surface area (Å²) in [6.07, 6.45) is 4.76. The number of nitrogens with two attached hydrogens (primary N) is 1. The molecular formula is C26H47N7O3S. The lowest BCUT2D eigenvalue weighted by molar-refractivity contribution is -0.120. The molecule has 0 bridgehead atoms. The van der Waals surface area contributed by atoms with Crippen LogP contribution in [0.5, 0.6) is 0 Å². The van der Waals surface area contributed by atoms with Crippen molar-refractivity contribution in [3.05, 3.63) is 11.9 Å². The number of carbonyl (C=O) groups is 2. The molecule has 1 aliphatic heterocycles. The number of rotatable bonds is 12. The molecule has 0 saturated heterocycles. The summed E-state index contributed by atoms with van der Waals surface area (Å²) in [5.74, 6) is 6.61. The van der Waals surface area contributed by atoms with Crippen molar-refractivity contribution in [1.82, 2.24) is 20.5 Å². The van der Waals surface area contributed by atoms with E-state index in [2.05, 4.69) is 49.5 Å². The van der Waals surface area contributed by atoms with Crippen molar-refractivity contribution in [2.24, 2.45) is 22.7 Å². The number of aromatic nitrogens is 2. The van der Waals surface area contributed by atoms with Crippen molar-refractivity contribution in [3.8, 4) is 0 Å². The molecule has 2 amide bonds. The molecular weight excluding hydrogens is 490 g/mol. The number of unbranched alkanes of at least 4 members (excludes halogenated alkanes) is 1. The summed E-state index contributed by atoms with van der Waals surface area (Å²) in [7, 11) is 0. The average Bonchev–Trinajstić information content (AvgIpc) is 3.13. The molecule has 11 heteroatoms. The van der Waals surface area contributed by atoms with Gasteiger partial charge >= 0.3 is 6.09 Å². The summed E-state index contributed by atoms with van der Waals surface area (Å²) in [6, 6.07) is 0.0962. The molecule has 1 atom stereocenters. The van der Waals surface area contributed by atoms with Crippen LogP contribution in [0.2, 0.25) is 0 Å². The van der Waals surface area contributed by atoms with E-state index in [1.807, 2.05) is 25.5 Å². The van der Waals surface area contributed by atoms with Gasteiger partial charge in [0.25, 0.3) is 0 Å². The van der Waals surface area contributed by atoms with Gasteiger partial charge in [-0.3, -0.25) is 19.9 Å². The minimum absolute atomic E-state index is 0.0962. The number of nitrogens with zero attached hydrogens (tertiary/aromatic N) is 4. The third-order valence-corrected chi connectivity index (χ3v) is 6.50. The molecule has 210 valence electrons. The number of aliphatic imine (C=N–C) groups is 1. The van der Waals surface area contributed by atoms with Gasteiger partial charge in [0.2, 0.25) is 5.91 Å². The number of alkyl carbamates (subject to hydrolysis) is 1. The van der Waals surface area contributed by atoms with Crippen molar-refractivity contribution < 1.29 is 14.3 Å². The number of nitrogens with one attached hydrogen (secondary N) is 2. The standard InChI is InChI=1S/C26H47N7O3S/c1-18(2)14-32-16-20(10-8-9-12-28-25(35)36-26(5,6)7)29-24(37-13-11-22(34)30-27)23-21(32)17-33(31-23)15-19(3)4/h17-20H,8-16,27H2,1-7H3,(H,28,35)(H,30,34)/t20-/m0/s1. The molecule has 0 radical (unpaired) electrons.